The van der Waals surface area contributed by atoms with Gasteiger partial charge in [0.25, 0.3) is 0 Å². The van der Waals surface area contributed by atoms with Crippen LogP contribution in [0, 0.1) is 65.1 Å². The largest absolute Gasteiger partial charge is 0.494 e. The van der Waals surface area contributed by atoms with E-state index in [9.17, 15) is 28.8 Å². The second-order valence-corrected chi connectivity index (χ2v) is 28.2. The number of esters is 6. The van der Waals surface area contributed by atoms with Gasteiger partial charge in [-0.1, -0.05) is 114 Å². The SMILES string of the molecule is C=CC(=O)OCCCCCCOc1ccc(C(=O)Oc2ccc(COc3ccc(OCCCCCC)cc3)cc2C#Cc2ccc(C#Cc3ccc(C#CC4(OC(=O)c5ccc(OC(=O)C6CCC(C(=O)OCCCCCOC(=O)C=C)CC6)cc5)CCC(C5CCC(CCCC)CC5)CC4)cc3)cc2)cc1. The molecule has 0 bridgehead atoms. The molecule has 0 unspecified atom stereocenters. The molecule has 0 aliphatic heterocycles. The number of rotatable bonds is 36. The summed E-state index contributed by atoms with van der Waals surface area (Å²) in [6.07, 6.45) is 26.5. The fourth-order valence-electron chi connectivity index (χ4n) is 13.8. The van der Waals surface area contributed by atoms with Gasteiger partial charge in [-0.25, -0.2) is 19.2 Å². The summed E-state index contributed by atoms with van der Waals surface area (Å²) in [5.41, 5.74) is 4.12. The highest BCUT2D eigenvalue weighted by molar-refractivity contribution is 5.92. The molecule has 0 amide bonds. The summed E-state index contributed by atoms with van der Waals surface area (Å²) in [7, 11) is 0. The van der Waals surface area contributed by atoms with E-state index in [0.29, 0.717) is 136 Å². The van der Waals surface area contributed by atoms with E-state index in [0.717, 1.165) is 109 Å². The smallest absolute Gasteiger partial charge is 0.343 e. The highest BCUT2D eigenvalue weighted by Gasteiger charge is 2.41. The van der Waals surface area contributed by atoms with Crippen LogP contribution in [0.2, 0.25) is 0 Å². The zero-order valence-electron chi connectivity index (χ0n) is 62.5. The molecule has 0 aromatic heterocycles. The van der Waals surface area contributed by atoms with Gasteiger partial charge in [0.05, 0.1) is 61.6 Å². The molecule has 562 valence electrons. The highest BCUT2D eigenvalue weighted by Crippen LogP contribution is 2.45. The highest BCUT2D eigenvalue weighted by atomic mass is 16.6. The summed E-state index contributed by atoms with van der Waals surface area (Å²) in [4.78, 5) is 76.5. The average Bonchev–Trinajstić information content (AvgIpc) is 0.804. The van der Waals surface area contributed by atoms with Gasteiger partial charge in [-0.05, 0) is 278 Å². The quantitative estimate of drug-likeness (QED) is 0.00902. The Labute approximate surface area is 633 Å². The zero-order valence-corrected chi connectivity index (χ0v) is 62.5. The lowest BCUT2D eigenvalue weighted by atomic mass is 9.67. The van der Waals surface area contributed by atoms with E-state index < -0.39 is 29.5 Å². The van der Waals surface area contributed by atoms with Crippen molar-refractivity contribution in [1.82, 2.24) is 0 Å². The normalized spacial score (nSPS) is 17.9. The molecule has 6 aromatic rings. The van der Waals surface area contributed by atoms with Gasteiger partial charge in [0.15, 0.2) is 5.60 Å². The van der Waals surface area contributed by atoms with Gasteiger partial charge in [0.1, 0.15) is 35.4 Å². The number of carbonyl (C=O) groups excluding carboxylic acids is 6. The molecular formula is C92H104O15. The van der Waals surface area contributed by atoms with Crippen LogP contribution in [0.1, 0.15) is 235 Å². The lowest BCUT2D eigenvalue weighted by molar-refractivity contribution is -0.152. The molecule has 3 saturated carbocycles. The maximum Gasteiger partial charge on any atom is 0.343 e. The fraction of sp³-hybridized carbons (Fsp3) is 0.435. The Morgan fingerprint density at radius 2 is 0.869 bits per heavy atom. The van der Waals surface area contributed by atoms with E-state index in [1.807, 2.05) is 84.9 Å². The number of ether oxygens (including phenoxy) is 9. The minimum absolute atomic E-state index is 0.245. The van der Waals surface area contributed by atoms with Crippen molar-refractivity contribution in [2.45, 2.75) is 193 Å². The predicted octanol–water partition coefficient (Wildman–Crippen LogP) is 19.2. The van der Waals surface area contributed by atoms with Gasteiger partial charge >= 0.3 is 35.8 Å². The Morgan fingerprint density at radius 1 is 0.421 bits per heavy atom. The summed E-state index contributed by atoms with van der Waals surface area (Å²) in [5.74, 6) is 21.6. The third kappa shape index (κ3) is 27.5. The predicted molar refractivity (Wildman–Crippen MR) is 414 cm³/mol. The first-order valence-corrected chi connectivity index (χ1v) is 38.8. The van der Waals surface area contributed by atoms with Crippen LogP contribution in [0.25, 0.3) is 0 Å². The van der Waals surface area contributed by atoms with Crippen LogP contribution in [0.15, 0.2) is 165 Å². The monoisotopic (exact) mass is 1450 g/mol. The molecule has 3 fully saturated rings. The van der Waals surface area contributed by atoms with Crippen LogP contribution in [0.4, 0.5) is 0 Å². The van der Waals surface area contributed by atoms with Crippen molar-refractivity contribution in [2.75, 3.05) is 33.0 Å². The number of benzene rings is 6. The molecule has 3 aliphatic carbocycles. The molecule has 107 heavy (non-hydrogen) atoms. The van der Waals surface area contributed by atoms with Crippen LogP contribution in [-0.2, 0) is 44.7 Å². The van der Waals surface area contributed by atoms with Crippen LogP contribution in [0.3, 0.4) is 0 Å². The Hall–Kier alpha value is -10.3. The van der Waals surface area contributed by atoms with E-state index in [1.54, 1.807) is 54.6 Å². The Kier molecular flexibility index (Phi) is 33.2. The van der Waals surface area contributed by atoms with Crippen molar-refractivity contribution in [3.8, 4) is 64.3 Å². The summed E-state index contributed by atoms with van der Waals surface area (Å²) < 4.78 is 52.0. The summed E-state index contributed by atoms with van der Waals surface area (Å²) in [6.45, 7) is 13.6. The van der Waals surface area contributed by atoms with Gasteiger partial charge < -0.3 is 42.6 Å². The van der Waals surface area contributed by atoms with E-state index in [1.165, 1.54) is 57.8 Å². The molecule has 0 saturated heterocycles. The third-order valence-electron chi connectivity index (χ3n) is 20.2. The molecule has 0 N–H and O–H groups in total. The van der Waals surface area contributed by atoms with Crippen molar-refractivity contribution in [3.05, 3.63) is 209 Å². The third-order valence-corrected chi connectivity index (χ3v) is 20.2. The Balaban J connectivity index is 0.809. The van der Waals surface area contributed by atoms with Crippen molar-refractivity contribution in [1.29, 1.82) is 0 Å². The maximum absolute atomic E-state index is 14.2. The second kappa shape index (κ2) is 44.0. The van der Waals surface area contributed by atoms with E-state index >= 15 is 0 Å². The molecule has 15 nitrogen and oxygen atoms in total. The summed E-state index contributed by atoms with van der Waals surface area (Å²) in [6, 6.07) is 41.8. The van der Waals surface area contributed by atoms with Crippen molar-refractivity contribution >= 4 is 35.8 Å². The molecule has 3 aliphatic rings. The van der Waals surface area contributed by atoms with Crippen LogP contribution in [0.5, 0.6) is 28.7 Å². The lowest BCUT2D eigenvalue weighted by Crippen LogP contribution is -2.39. The minimum Gasteiger partial charge on any atom is -0.494 e. The zero-order chi connectivity index (χ0) is 75.3. The molecular weight excluding hydrogens is 1340 g/mol. The number of hydrogen-bond donors (Lipinski definition) is 0. The molecule has 0 atom stereocenters. The van der Waals surface area contributed by atoms with Crippen LogP contribution >= 0.6 is 0 Å². The van der Waals surface area contributed by atoms with E-state index in [4.69, 9.17) is 42.6 Å². The van der Waals surface area contributed by atoms with E-state index in [2.05, 4.69) is 62.5 Å². The van der Waals surface area contributed by atoms with Gasteiger partial charge in [-0.3, -0.25) is 9.59 Å². The fourth-order valence-corrected chi connectivity index (χ4v) is 13.8. The molecule has 0 spiro atoms. The maximum atomic E-state index is 14.2. The Morgan fingerprint density at radius 3 is 1.41 bits per heavy atom. The molecule has 6 aromatic carbocycles. The average molecular weight is 1450 g/mol. The molecule has 0 radical (unpaired) electrons. The number of unbranched alkanes of at least 4 members (excludes halogenated alkanes) is 9. The first-order chi connectivity index (χ1) is 52.3. The molecule has 9 rings (SSSR count). The standard InChI is InChI=1S/C92H104O15/c1-5-9-11-15-61-100-82-50-52-83(53-51-82)104-67-73-34-54-85(106-90(97)78-42-46-81(47-43-78)99-62-16-12-13-17-63-101-86(93)7-3)80(66-73)37-33-71-25-23-69(24-26-71)21-22-70-27-29-72(30-28-70)55-58-92(59-56-75(57-60-92)74-35-31-68(32-36-74)20-10-6-2)107-91(98)79-44-48-84(49-45-79)105-89(96)77-40-38-76(39-41-77)88(95)103-65-19-14-18-64-102-87(94)8-4/h7-8,23-30,34,42-54,66,68,74-77H,3-6,9-20,31-32,35-36,38-41,56-57,59-65,67H2,1-2H3. The lowest BCUT2D eigenvalue weighted by Gasteiger charge is -2.41. The summed E-state index contributed by atoms with van der Waals surface area (Å²) >= 11 is 0. The molecule has 15 heteroatoms. The Bertz CT molecular complexity index is 4040. The summed E-state index contributed by atoms with van der Waals surface area (Å²) in [5, 5.41) is 0. The number of carbonyl (C=O) groups is 6. The van der Waals surface area contributed by atoms with Gasteiger partial charge in [-0.15, -0.1) is 0 Å². The van der Waals surface area contributed by atoms with Crippen LogP contribution < -0.4 is 23.7 Å². The van der Waals surface area contributed by atoms with Crippen molar-refractivity contribution in [3.63, 3.8) is 0 Å². The van der Waals surface area contributed by atoms with Crippen molar-refractivity contribution in [2.24, 2.45) is 29.6 Å². The topological polar surface area (TPSA) is 185 Å². The van der Waals surface area contributed by atoms with Gasteiger partial charge in [0.2, 0.25) is 0 Å². The molecule has 0 heterocycles. The van der Waals surface area contributed by atoms with Gasteiger partial charge in [0, 0.05) is 34.4 Å². The first-order valence-electron chi connectivity index (χ1n) is 38.8. The van der Waals surface area contributed by atoms with E-state index in [-0.39, 0.29) is 30.4 Å². The van der Waals surface area contributed by atoms with Crippen molar-refractivity contribution < 1.29 is 71.4 Å². The minimum atomic E-state index is -0.994. The van der Waals surface area contributed by atoms with Crippen LogP contribution in [-0.4, -0.2) is 74.5 Å². The second-order valence-electron chi connectivity index (χ2n) is 28.2. The number of hydrogen-bond acceptors (Lipinski definition) is 15. The van der Waals surface area contributed by atoms with Gasteiger partial charge in [-0.2, -0.15) is 0 Å². The first kappa shape index (κ1) is 80.8.